The zero-order valence-electron chi connectivity index (χ0n) is 12.2. The van der Waals surface area contributed by atoms with Crippen molar-refractivity contribution in [2.24, 2.45) is 7.05 Å². The molecule has 1 aromatic heterocycles. The molecule has 0 unspecified atom stereocenters. The van der Waals surface area contributed by atoms with E-state index >= 15 is 0 Å². The first-order chi connectivity index (χ1) is 10.5. The van der Waals surface area contributed by atoms with E-state index in [0.717, 1.165) is 11.3 Å². The van der Waals surface area contributed by atoms with E-state index in [-0.39, 0.29) is 6.61 Å². The van der Waals surface area contributed by atoms with Gasteiger partial charge in [-0.25, -0.2) is 4.79 Å². The van der Waals surface area contributed by atoms with Crippen LogP contribution in [0.25, 0.3) is 6.08 Å². The van der Waals surface area contributed by atoms with Crippen LogP contribution >= 0.6 is 11.6 Å². The summed E-state index contributed by atoms with van der Waals surface area (Å²) in [5, 5.41) is 13.4. The van der Waals surface area contributed by atoms with Crippen LogP contribution in [-0.2, 0) is 23.2 Å². The van der Waals surface area contributed by atoms with Gasteiger partial charge in [0, 0.05) is 18.7 Å². The molecule has 1 heterocycles. The largest absolute Gasteiger partial charge is 0.458 e. The Balaban J connectivity index is 1.98. The van der Waals surface area contributed by atoms with Gasteiger partial charge in [0.1, 0.15) is 11.8 Å². The molecule has 22 heavy (non-hydrogen) atoms. The standard InChI is InChI=1S/C16H14ClN3O2/c1-11-14(16(17)20(2)19-11)6-7-15(21)22-10-13-5-3-4-12(8-13)9-18/h3-8H,10H2,1-2H3/b7-6+. The van der Waals surface area contributed by atoms with Crippen LogP contribution < -0.4 is 0 Å². The topological polar surface area (TPSA) is 67.9 Å². The molecule has 0 fully saturated rings. The molecule has 0 N–H and O–H groups in total. The number of nitriles is 1. The highest BCUT2D eigenvalue weighted by molar-refractivity contribution is 6.31. The lowest BCUT2D eigenvalue weighted by Gasteiger charge is -2.02. The molecule has 0 saturated carbocycles. The molecule has 0 atom stereocenters. The Bertz CT molecular complexity index is 772. The summed E-state index contributed by atoms with van der Waals surface area (Å²) in [4.78, 5) is 11.7. The predicted molar refractivity (Wildman–Crippen MR) is 82.9 cm³/mol. The van der Waals surface area contributed by atoms with Gasteiger partial charge in [-0.1, -0.05) is 23.7 Å². The number of aromatic nitrogens is 2. The molecule has 0 spiro atoms. The van der Waals surface area contributed by atoms with E-state index in [4.69, 9.17) is 21.6 Å². The Labute approximate surface area is 133 Å². The summed E-state index contributed by atoms with van der Waals surface area (Å²) in [5.41, 5.74) is 2.71. The molecule has 2 aromatic rings. The van der Waals surface area contributed by atoms with E-state index in [1.165, 1.54) is 10.8 Å². The lowest BCUT2D eigenvalue weighted by molar-refractivity contribution is -0.138. The van der Waals surface area contributed by atoms with Crippen LogP contribution in [0.1, 0.15) is 22.4 Å². The maximum Gasteiger partial charge on any atom is 0.331 e. The first-order valence-electron chi connectivity index (χ1n) is 6.54. The summed E-state index contributed by atoms with van der Waals surface area (Å²) in [6.07, 6.45) is 2.89. The van der Waals surface area contributed by atoms with Crippen molar-refractivity contribution in [2.45, 2.75) is 13.5 Å². The molecule has 0 bridgehead atoms. The van der Waals surface area contributed by atoms with E-state index in [9.17, 15) is 4.79 Å². The van der Waals surface area contributed by atoms with E-state index < -0.39 is 5.97 Å². The first-order valence-corrected chi connectivity index (χ1v) is 6.92. The summed E-state index contributed by atoms with van der Waals surface area (Å²) in [7, 11) is 1.73. The maximum atomic E-state index is 11.7. The Kier molecular flexibility index (Phi) is 4.97. The zero-order chi connectivity index (χ0) is 16.1. The fourth-order valence-corrected chi connectivity index (χ4v) is 2.16. The van der Waals surface area contributed by atoms with Gasteiger partial charge in [0.2, 0.25) is 0 Å². The summed E-state index contributed by atoms with van der Waals surface area (Å²) in [5.74, 6) is -0.485. The number of esters is 1. The molecule has 112 valence electrons. The number of hydrogen-bond donors (Lipinski definition) is 0. The third-order valence-corrected chi connectivity index (χ3v) is 3.47. The van der Waals surface area contributed by atoms with Crippen LogP contribution in [-0.4, -0.2) is 15.7 Å². The summed E-state index contributed by atoms with van der Waals surface area (Å²) < 4.78 is 6.67. The lowest BCUT2D eigenvalue weighted by Crippen LogP contribution is -2.01. The Morgan fingerprint density at radius 3 is 2.95 bits per heavy atom. The summed E-state index contributed by atoms with van der Waals surface area (Å²) >= 11 is 6.07. The minimum absolute atomic E-state index is 0.110. The second-order valence-corrected chi connectivity index (χ2v) is 5.02. The minimum Gasteiger partial charge on any atom is -0.458 e. The van der Waals surface area contributed by atoms with Gasteiger partial charge >= 0.3 is 5.97 Å². The molecule has 6 heteroatoms. The number of benzene rings is 1. The molecule has 1 aromatic carbocycles. The second kappa shape index (κ2) is 6.92. The number of halogens is 1. The fourth-order valence-electron chi connectivity index (χ4n) is 1.92. The highest BCUT2D eigenvalue weighted by atomic mass is 35.5. The molecular formula is C16H14ClN3O2. The van der Waals surface area contributed by atoms with Gasteiger partial charge in [-0.3, -0.25) is 4.68 Å². The smallest absolute Gasteiger partial charge is 0.331 e. The number of ether oxygens (including phenoxy) is 1. The van der Waals surface area contributed by atoms with E-state index in [2.05, 4.69) is 5.10 Å². The number of nitrogens with zero attached hydrogens (tertiary/aromatic N) is 3. The predicted octanol–water partition coefficient (Wildman–Crippen LogP) is 3.01. The van der Waals surface area contributed by atoms with E-state index in [1.54, 1.807) is 37.4 Å². The number of carbonyl (C=O) groups excluding carboxylic acids is 1. The van der Waals surface area contributed by atoms with E-state index in [0.29, 0.717) is 16.3 Å². The quantitative estimate of drug-likeness (QED) is 0.642. The van der Waals surface area contributed by atoms with Gasteiger partial charge in [0.15, 0.2) is 0 Å². The van der Waals surface area contributed by atoms with E-state index in [1.807, 2.05) is 13.0 Å². The summed E-state index contributed by atoms with van der Waals surface area (Å²) in [6, 6.07) is 8.95. The molecule has 0 radical (unpaired) electrons. The SMILES string of the molecule is Cc1nn(C)c(Cl)c1/C=C/C(=O)OCc1cccc(C#N)c1. The van der Waals surface area contributed by atoms with Gasteiger partial charge < -0.3 is 4.74 Å². The van der Waals surface area contributed by atoms with Crippen molar-refractivity contribution >= 4 is 23.6 Å². The highest BCUT2D eigenvalue weighted by Gasteiger charge is 2.08. The van der Waals surface area contributed by atoms with Crippen molar-refractivity contribution in [2.75, 3.05) is 0 Å². The molecule has 0 aliphatic carbocycles. The van der Waals surface area contributed by atoms with Crippen LogP contribution in [0.15, 0.2) is 30.3 Å². The normalized spacial score (nSPS) is 10.6. The average molecular weight is 316 g/mol. The van der Waals surface area contributed by atoms with Crippen molar-refractivity contribution in [3.63, 3.8) is 0 Å². The zero-order valence-corrected chi connectivity index (χ0v) is 13.0. The average Bonchev–Trinajstić information content (AvgIpc) is 2.76. The molecule has 0 aliphatic heterocycles. The maximum absolute atomic E-state index is 11.7. The second-order valence-electron chi connectivity index (χ2n) is 4.67. The fraction of sp³-hybridized carbons (Fsp3) is 0.188. The molecule has 2 rings (SSSR count). The number of carbonyl (C=O) groups is 1. The molecule has 0 saturated heterocycles. The van der Waals surface area contributed by atoms with Crippen molar-refractivity contribution in [1.82, 2.24) is 9.78 Å². The van der Waals surface area contributed by atoms with Gasteiger partial charge in [-0.05, 0) is 30.7 Å². The Hall–Kier alpha value is -2.58. The molecule has 0 amide bonds. The van der Waals surface area contributed by atoms with Gasteiger partial charge in [-0.15, -0.1) is 0 Å². The lowest BCUT2D eigenvalue weighted by atomic mass is 10.1. The number of aryl methyl sites for hydroxylation is 2. The van der Waals surface area contributed by atoms with Gasteiger partial charge in [0.05, 0.1) is 17.3 Å². The Morgan fingerprint density at radius 2 is 2.32 bits per heavy atom. The van der Waals surface area contributed by atoms with Gasteiger partial charge in [-0.2, -0.15) is 10.4 Å². The van der Waals surface area contributed by atoms with Crippen LogP contribution in [0.2, 0.25) is 5.15 Å². The monoisotopic (exact) mass is 315 g/mol. The van der Waals surface area contributed by atoms with Crippen molar-refractivity contribution in [3.8, 4) is 6.07 Å². The number of rotatable bonds is 4. The van der Waals surface area contributed by atoms with Gasteiger partial charge in [0.25, 0.3) is 0 Å². The van der Waals surface area contributed by atoms with Crippen LogP contribution in [0.4, 0.5) is 0 Å². The minimum atomic E-state index is -0.485. The van der Waals surface area contributed by atoms with Crippen molar-refractivity contribution in [1.29, 1.82) is 5.26 Å². The highest BCUT2D eigenvalue weighted by Crippen LogP contribution is 2.20. The molecule has 0 aliphatic rings. The summed E-state index contributed by atoms with van der Waals surface area (Å²) in [6.45, 7) is 1.92. The first kappa shape index (κ1) is 15.8. The third kappa shape index (κ3) is 3.74. The van der Waals surface area contributed by atoms with Crippen molar-refractivity contribution < 1.29 is 9.53 Å². The molecule has 5 nitrogen and oxygen atoms in total. The van der Waals surface area contributed by atoms with Crippen LogP contribution in [0.5, 0.6) is 0 Å². The molecular weight excluding hydrogens is 302 g/mol. The Morgan fingerprint density at radius 1 is 1.55 bits per heavy atom. The van der Waals surface area contributed by atoms with Crippen molar-refractivity contribution in [3.05, 3.63) is 57.9 Å². The van der Waals surface area contributed by atoms with Crippen LogP contribution in [0.3, 0.4) is 0 Å². The third-order valence-electron chi connectivity index (χ3n) is 3.02. The van der Waals surface area contributed by atoms with Crippen LogP contribution in [0, 0.1) is 18.3 Å². The number of hydrogen-bond acceptors (Lipinski definition) is 4.